The molecule has 3 aliphatic heterocycles. The Kier molecular flexibility index (Phi) is 4.58. The van der Waals surface area contributed by atoms with E-state index in [-0.39, 0.29) is 5.91 Å². The largest absolute Gasteiger partial charge is 0.497 e. The van der Waals surface area contributed by atoms with Crippen molar-refractivity contribution in [1.82, 2.24) is 20.0 Å². The molecule has 3 heterocycles. The number of guanidine groups is 1. The van der Waals surface area contributed by atoms with Crippen LogP contribution in [-0.2, 0) is 4.79 Å². The summed E-state index contributed by atoms with van der Waals surface area (Å²) in [7, 11) is 3.31. The standard InChI is InChI=1S/C19H24N6O3/c1-12-11-25-15-16(23(2)19(27)22-17(15)26)21-18(25)24(12)9-5-8-20-13-6-4-7-14(10-13)28-3/h4,6-7,10-11,15-16,20H,5,8-9H2,1-3H3,(H,22,26,27). The fourth-order valence-electron chi connectivity index (χ4n) is 3.73. The van der Waals surface area contributed by atoms with E-state index in [9.17, 15) is 9.59 Å². The first kappa shape index (κ1) is 18.1. The molecule has 0 aromatic heterocycles. The van der Waals surface area contributed by atoms with Gasteiger partial charge in [-0.15, -0.1) is 0 Å². The van der Waals surface area contributed by atoms with Crippen molar-refractivity contribution in [3.8, 4) is 5.75 Å². The molecule has 1 aromatic carbocycles. The Morgan fingerprint density at radius 3 is 2.93 bits per heavy atom. The molecule has 4 rings (SSSR count). The number of carbonyl (C=O) groups is 2. The fourth-order valence-corrected chi connectivity index (χ4v) is 3.73. The number of likely N-dealkylation sites (N-methyl/N-ethyl adjacent to an activating group) is 1. The lowest BCUT2D eigenvalue weighted by Gasteiger charge is -2.34. The normalized spacial score (nSPS) is 23.2. The Morgan fingerprint density at radius 1 is 1.32 bits per heavy atom. The van der Waals surface area contributed by atoms with Gasteiger partial charge in [-0.2, -0.15) is 0 Å². The zero-order valence-corrected chi connectivity index (χ0v) is 16.2. The van der Waals surface area contributed by atoms with E-state index >= 15 is 0 Å². The average molecular weight is 384 g/mol. The number of urea groups is 1. The van der Waals surface area contributed by atoms with Crippen molar-refractivity contribution < 1.29 is 14.3 Å². The molecular weight excluding hydrogens is 360 g/mol. The van der Waals surface area contributed by atoms with E-state index in [1.165, 1.54) is 4.90 Å². The minimum absolute atomic E-state index is 0.308. The molecule has 1 fully saturated rings. The number of hydrogen-bond acceptors (Lipinski definition) is 7. The van der Waals surface area contributed by atoms with Crippen molar-refractivity contribution in [3.63, 3.8) is 0 Å². The number of carbonyl (C=O) groups excluding carboxylic acids is 2. The van der Waals surface area contributed by atoms with E-state index in [0.717, 1.165) is 42.6 Å². The number of anilines is 1. The lowest BCUT2D eigenvalue weighted by molar-refractivity contribution is -0.126. The number of allylic oxidation sites excluding steroid dienone is 1. The summed E-state index contributed by atoms with van der Waals surface area (Å²) < 4.78 is 5.24. The third-order valence-corrected chi connectivity index (χ3v) is 5.23. The van der Waals surface area contributed by atoms with Gasteiger partial charge in [-0.25, -0.2) is 9.79 Å². The van der Waals surface area contributed by atoms with E-state index in [1.807, 2.05) is 42.3 Å². The first-order valence-corrected chi connectivity index (χ1v) is 9.27. The third kappa shape index (κ3) is 3.02. The molecule has 3 aliphatic rings. The number of imide groups is 1. The Morgan fingerprint density at radius 2 is 2.14 bits per heavy atom. The highest BCUT2D eigenvalue weighted by molar-refractivity contribution is 6.04. The van der Waals surface area contributed by atoms with Crippen LogP contribution in [0.2, 0.25) is 0 Å². The van der Waals surface area contributed by atoms with E-state index in [4.69, 9.17) is 4.74 Å². The maximum absolute atomic E-state index is 12.3. The van der Waals surface area contributed by atoms with Crippen LogP contribution in [0.1, 0.15) is 13.3 Å². The molecule has 148 valence electrons. The number of methoxy groups -OCH3 is 1. The monoisotopic (exact) mass is 384 g/mol. The molecule has 28 heavy (non-hydrogen) atoms. The Balaban J connectivity index is 1.38. The van der Waals surface area contributed by atoms with Crippen LogP contribution < -0.4 is 15.4 Å². The second-order valence-corrected chi connectivity index (χ2v) is 7.03. The van der Waals surface area contributed by atoms with Gasteiger partial charge in [0.25, 0.3) is 5.91 Å². The van der Waals surface area contributed by atoms with E-state index in [0.29, 0.717) is 0 Å². The zero-order chi connectivity index (χ0) is 19.8. The molecular formula is C19H24N6O3. The summed E-state index contributed by atoms with van der Waals surface area (Å²) in [4.78, 5) is 34.3. The van der Waals surface area contributed by atoms with Crippen LogP contribution >= 0.6 is 0 Å². The van der Waals surface area contributed by atoms with Gasteiger partial charge in [-0.05, 0) is 25.5 Å². The van der Waals surface area contributed by atoms with Gasteiger partial charge in [0.1, 0.15) is 5.75 Å². The first-order valence-electron chi connectivity index (χ1n) is 9.27. The molecule has 9 heteroatoms. The highest BCUT2D eigenvalue weighted by Gasteiger charge is 2.51. The van der Waals surface area contributed by atoms with E-state index in [1.54, 1.807) is 14.2 Å². The number of hydrogen-bond donors (Lipinski definition) is 2. The van der Waals surface area contributed by atoms with Crippen LogP contribution in [0, 0.1) is 0 Å². The molecule has 0 aliphatic carbocycles. The minimum Gasteiger partial charge on any atom is -0.497 e. The fraction of sp³-hybridized carbons (Fsp3) is 0.421. The summed E-state index contributed by atoms with van der Waals surface area (Å²) in [5.41, 5.74) is 2.04. The highest BCUT2D eigenvalue weighted by Crippen LogP contribution is 2.31. The molecule has 0 radical (unpaired) electrons. The molecule has 0 bridgehead atoms. The summed E-state index contributed by atoms with van der Waals surface area (Å²) in [6, 6.07) is 6.90. The number of amides is 3. The Labute approximate surface area is 163 Å². The molecule has 2 unspecified atom stereocenters. The number of ether oxygens (including phenoxy) is 1. The van der Waals surface area contributed by atoms with Gasteiger partial charge in [0, 0.05) is 43.8 Å². The van der Waals surface area contributed by atoms with E-state index < -0.39 is 18.2 Å². The van der Waals surface area contributed by atoms with Gasteiger partial charge < -0.3 is 24.8 Å². The van der Waals surface area contributed by atoms with Crippen molar-refractivity contribution in [1.29, 1.82) is 0 Å². The number of nitrogens with zero attached hydrogens (tertiary/aromatic N) is 4. The molecule has 2 N–H and O–H groups in total. The van der Waals surface area contributed by atoms with Gasteiger partial charge >= 0.3 is 6.03 Å². The quantitative estimate of drug-likeness (QED) is 0.717. The van der Waals surface area contributed by atoms with Gasteiger partial charge in [0.2, 0.25) is 5.96 Å². The summed E-state index contributed by atoms with van der Waals surface area (Å²) in [5.74, 6) is 1.24. The lowest BCUT2D eigenvalue weighted by Crippen LogP contribution is -2.62. The van der Waals surface area contributed by atoms with Gasteiger partial charge in [-0.3, -0.25) is 10.1 Å². The van der Waals surface area contributed by atoms with Crippen LogP contribution in [0.4, 0.5) is 10.5 Å². The maximum Gasteiger partial charge on any atom is 0.325 e. The third-order valence-electron chi connectivity index (χ3n) is 5.23. The average Bonchev–Trinajstić information content (AvgIpc) is 3.19. The topological polar surface area (TPSA) is 89.5 Å². The second kappa shape index (κ2) is 7.06. The van der Waals surface area contributed by atoms with Crippen LogP contribution in [0.25, 0.3) is 0 Å². The minimum atomic E-state index is -0.507. The van der Waals surface area contributed by atoms with Crippen molar-refractivity contribution in [2.75, 3.05) is 32.6 Å². The van der Waals surface area contributed by atoms with Gasteiger partial charge in [0.15, 0.2) is 12.2 Å². The molecule has 0 spiro atoms. The number of fused-ring (bicyclic) bond motifs is 3. The SMILES string of the molecule is COc1cccc(NCCCN2C(C)=CN3C2=NC2C3C(=O)NC(=O)N2C)c1. The van der Waals surface area contributed by atoms with Crippen molar-refractivity contribution in [2.45, 2.75) is 25.6 Å². The number of benzene rings is 1. The molecule has 3 amide bonds. The van der Waals surface area contributed by atoms with Crippen LogP contribution in [0.3, 0.4) is 0 Å². The zero-order valence-electron chi connectivity index (χ0n) is 16.2. The van der Waals surface area contributed by atoms with Crippen molar-refractivity contribution in [3.05, 3.63) is 36.2 Å². The van der Waals surface area contributed by atoms with Gasteiger partial charge in [-0.1, -0.05) is 6.07 Å². The number of nitrogens with one attached hydrogen (secondary N) is 2. The second-order valence-electron chi connectivity index (χ2n) is 7.03. The van der Waals surface area contributed by atoms with Gasteiger partial charge in [0.05, 0.1) is 7.11 Å². The predicted molar refractivity (Wildman–Crippen MR) is 105 cm³/mol. The van der Waals surface area contributed by atoms with Crippen molar-refractivity contribution >= 4 is 23.6 Å². The summed E-state index contributed by atoms with van der Waals surface area (Å²) in [5, 5.41) is 5.78. The number of aliphatic imine (C=N–C) groups is 1. The molecule has 2 atom stereocenters. The number of rotatable bonds is 6. The molecule has 1 aromatic rings. The van der Waals surface area contributed by atoms with E-state index in [2.05, 4.69) is 20.5 Å². The maximum atomic E-state index is 12.3. The van der Waals surface area contributed by atoms with Crippen molar-refractivity contribution in [2.24, 2.45) is 4.99 Å². The highest BCUT2D eigenvalue weighted by atomic mass is 16.5. The first-order chi connectivity index (χ1) is 13.5. The molecule has 0 saturated carbocycles. The van der Waals surface area contributed by atoms with Crippen LogP contribution in [0.5, 0.6) is 5.75 Å². The Bertz CT molecular complexity index is 867. The predicted octanol–water partition coefficient (Wildman–Crippen LogP) is 1.22. The molecule has 1 saturated heterocycles. The molecule has 9 nitrogen and oxygen atoms in total. The lowest BCUT2D eigenvalue weighted by atomic mass is 10.1. The van der Waals surface area contributed by atoms with Crippen LogP contribution in [0.15, 0.2) is 41.2 Å². The van der Waals surface area contributed by atoms with Crippen LogP contribution in [-0.4, -0.2) is 72.1 Å². The Hall–Kier alpha value is -3.23. The smallest absolute Gasteiger partial charge is 0.325 e. The summed E-state index contributed by atoms with van der Waals surface area (Å²) in [6.45, 7) is 3.55. The summed E-state index contributed by atoms with van der Waals surface area (Å²) in [6.07, 6.45) is 2.33. The summed E-state index contributed by atoms with van der Waals surface area (Å²) >= 11 is 0.